The van der Waals surface area contributed by atoms with Gasteiger partial charge in [0, 0.05) is 5.02 Å². The van der Waals surface area contributed by atoms with E-state index in [1.165, 1.54) is 0 Å². The summed E-state index contributed by atoms with van der Waals surface area (Å²) in [7, 11) is 0. The highest BCUT2D eigenvalue weighted by Crippen LogP contribution is 2.36. The maximum Gasteiger partial charge on any atom is 0.169 e. The lowest BCUT2D eigenvalue weighted by Gasteiger charge is -2.13. The lowest BCUT2D eigenvalue weighted by Crippen LogP contribution is -1.98. The molecular formula is C19H18Cl2N4O2. The lowest BCUT2D eigenvalue weighted by atomic mass is 10.2. The Morgan fingerprint density at radius 3 is 2.37 bits per heavy atom. The van der Waals surface area contributed by atoms with Crippen LogP contribution in [0.1, 0.15) is 24.1 Å². The third kappa shape index (κ3) is 4.59. The molecular weight excluding hydrogens is 387 g/mol. The highest BCUT2D eigenvalue weighted by Gasteiger charge is 2.10. The van der Waals surface area contributed by atoms with E-state index in [-0.39, 0.29) is 0 Å². The Kier molecular flexibility index (Phi) is 5.98. The molecule has 0 radical (unpaired) electrons. The molecule has 0 N–H and O–H groups in total. The highest BCUT2D eigenvalue weighted by atomic mass is 35.5. The summed E-state index contributed by atoms with van der Waals surface area (Å²) in [5, 5.41) is 13.3. The number of benzene rings is 2. The molecule has 6 nitrogen and oxygen atoms in total. The van der Waals surface area contributed by atoms with Crippen LogP contribution in [-0.4, -0.2) is 27.7 Å². The minimum atomic E-state index is 0.425. The molecule has 0 atom stereocenters. The molecule has 3 aromatic rings. The molecule has 1 aromatic heterocycles. The van der Waals surface area contributed by atoms with E-state index in [1.807, 2.05) is 39.0 Å². The summed E-state index contributed by atoms with van der Waals surface area (Å²) in [6, 6.07) is 10.6. The fourth-order valence-corrected chi connectivity index (χ4v) is 2.84. The predicted octanol–water partition coefficient (Wildman–Crippen LogP) is 5.27. The van der Waals surface area contributed by atoms with Gasteiger partial charge in [0.05, 0.1) is 17.8 Å². The quantitative estimate of drug-likeness (QED) is 0.524. The summed E-state index contributed by atoms with van der Waals surface area (Å²) in [5.41, 5.74) is 0.848. The van der Waals surface area contributed by atoms with Gasteiger partial charge >= 0.3 is 0 Å². The summed E-state index contributed by atoms with van der Waals surface area (Å²) < 4.78 is 13.3. The first-order valence-corrected chi connectivity index (χ1v) is 9.06. The van der Waals surface area contributed by atoms with E-state index in [0.717, 1.165) is 5.56 Å². The van der Waals surface area contributed by atoms with Gasteiger partial charge in [0.25, 0.3) is 0 Å². The SMILES string of the molecule is CCOc1cc(/C=N/n2c(C)nnc2C)ccc1Oc1ccc(Cl)cc1Cl. The predicted molar refractivity (Wildman–Crippen MR) is 107 cm³/mol. The lowest BCUT2D eigenvalue weighted by molar-refractivity contribution is 0.321. The second-order valence-corrected chi connectivity index (χ2v) is 6.51. The molecule has 1 heterocycles. The summed E-state index contributed by atoms with van der Waals surface area (Å²) in [5.74, 6) is 3.07. The Bertz CT molecular complexity index is 966. The first-order chi connectivity index (χ1) is 13.0. The maximum atomic E-state index is 6.19. The van der Waals surface area contributed by atoms with E-state index in [2.05, 4.69) is 15.3 Å². The van der Waals surface area contributed by atoms with Crippen molar-refractivity contribution in [3.8, 4) is 17.2 Å². The van der Waals surface area contributed by atoms with Crippen LogP contribution in [0, 0.1) is 13.8 Å². The standard InChI is InChI=1S/C19H18Cl2N4O2/c1-4-26-19-9-14(11-22-25-12(2)23-24-13(25)3)5-7-18(19)27-17-8-6-15(20)10-16(17)21/h5-11H,4H2,1-3H3/b22-11+. The van der Waals surface area contributed by atoms with Crippen LogP contribution in [0.15, 0.2) is 41.5 Å². The fourth-order valence-electron chi connectivity index (χ4n) is 2.39. The Morgan fingerprint density at radius 1 is 1.00 bits per heavy atom. The van der Waals surface area contributed by atoms with Crippen molar-refractivity contribution < 1.29 is 9.47 Å². The van der Waals surface area contributed by atoms with E-state index in [4.69, 9.17) is 32.7 Å². The Morgan fingerprint density at radius 2 is 1.70 bits per heavy atom. The van der Waals surface area contributed by atoms with Crippen LogP contribution in [-0.2, 0) is 0 Å². The van der Waals surface area contributed by atoms with E-state index >= 15 is 0 Å². The van der Waals surface area contributed by atoms with Crippen molar-refractivity contribution >= 4 is 29.4 Å². The first kappa shape index (κ1) is 19.2. The molecule has 3 rings (SSSR count). The molecule has 0 aliphatic rings. The third-order valence-corrected chi connectivity index (χ3v) is 4.19. The van der Waals surface area contributed by atoms with Crippen molar-refractivity contribution in [2.75, 3.05) is 6.61 Å². The minimum Gasteiger partial charge on any atom is -0.490 e. The van der Waals surface area contributed by atoms with Gasteiger partial charge in [-0.3, -0.25) is 0 Å². The van der Waals surface area contributed by atoms with Crippen LogP contribution in [0.5, 0.6) is 17.2 Å². The Balaban J connectivity index is 1.88. The first-order valence-electron chi connectivity index (χ1n) is 8.30. The molecule has 0 amide bonds. The van der Waals surface area contributed by atoms with Crippen molar-refractivity contribution in [1.82, 2.24) is 14.9 Å². The summed E-state index contributed by atoms with van der Waals surface area (Å²) in [6.45, 7) is 6.09. The van der Waals surface area contributed by atoms with Gasteiger partial charge in [-0.05, 0) is 62.7 Å². The molecule has 140 valence electrons. The van der Waals surface area contributed by atoms with Gasteiger partial charge in [0.2, 0.25) is 0 Å². The average Bonchev–Trinajstić information content (AvgIpc) is 2.95. The van der Waals surface area contributed by atoms with Crippen LogP contribution in [0.3, 0.4) is 0 Å². The number of hydrogen-bond acceptors (Lipinski definition) is 5. The molecule has 0 spiro atoms. The smallest absolute Gasteiger partial charge is 0.169 e. The topological polar surface area (TPSA) is 61.5 Å². The molecule has 0 saturated heterocycles. The summed E-state index contributed by atoms with van der Waals surface area (Å²) in [4.78, 5) is 0. The second-order valence-electron chi connectivity index (χ2n) is 5.67. The minimum absolute atomic E-state index is 0.425. The molecule has 8 heteroatoms. The van der Waals surface area contributed by atoms with Crippen molar-refractivity contribution in [1.29, 1.82) is 0 Å². The van der Waals surface area contributed by atoms with Crippen LogP contribution in [0.2, 0.25) is 10.0 Å². The van der Waals surface area contributed by atoms with Gasteiger partial charge in [-0.2, -0.15) is 5.10 Å². The van der Waals surface area contributed by atoms with Gasteiger partial charge in [-0.15, -0.1) is 10.2 Å². The van der Waals surface area contributed by atoms with Gasteiger partial charge in [0.15, 0.2) is 23.1 Å². The van der Waals surface area contributed by atoms with Crippen LogP contribution in [0.4, 0.5) is 0 Å². The number of hydrogen-bond donors (Lipinski definition) is 0. The highest BCUT2D eigenvalue weighted by molar-refractivity contribution is 6.35. The number of aryl methyl sites for hydroxylation is 2. The van der Waals surface area contributed by atoms with E-state index in [0.29, 0.717) is 45.5 Å². The monoisotopic (exact) mass is 404 g/mol. The van der Waals surface area contributed by atoms with Crippen molar-refractivity contribution in [3.05, 3.63) is 63.7 Å². The number of aromatic nitrogens is 3. The summed E-state index contributed by atoms with van der Waals surface area (Å²) in [6.07, 6.45) is 1.71. The Hall–Kier alpha value is -2.57. The Labute approximate surface area is 167 Å². The van der Waals surface area contributed by atoms with E-state index in [1.54, 1.807) is 29.1 Å². The third-order valence-electron chi connectivity index (χ3n) is 3.66. The average molecular weight is 405 g/mol. The molecule has 0 bridgehead atoms. The summed E-state index contributed by atoms with van der Waals surface area (Å²) >= 11 is 12.1. The van der Waals surface area contributed by atoms with Crippen LogP contribution in [0.25, 0.3) is 0 Å². The maximum absolute atomic E-state index is 6.19. The van der Waals surface area contributed by atoms with Gasteiger partial charge in [-0.1, -0.05) is 23.2 Å². The molecule has 0 saturated carbocycles. The number of rotatable bonds is 6. The van der Waals surface area contributed by atoms with Gasteiger partial charge in [0.1, 0.15) is 5.75 Å². The second kappa shape index (κ2) is 8.41. The molecule has 0 aliphatic heterocycles. The van der Waals surface area contributed by atoms with Crippen LogP contribution >= 0.6 is 23.2 Å². The number of ether oxygens (including phenoxy) is 2. The van der Waals surface area contributed by atoms with Gasteiger partial charge in [-0.25, -0.2) is 4.68 Å². The van der Waals surface area contributed by atoms with Crippen molar-refractivity contribution in [2.24, 2.45) is 5.10 Å². The fraction of sp³-hybridized carbons (Fsp3) is 0.211. The normalized spacial score (nSPS) is 11.1. The molecule has 27 heavy (non-hydrogen) atoms. The largest absolute Gasteiger partial charge is 0.490 e. The number of halogens is 2. The van der Waals surface area contributed by atoms with E-state index < -0.39 is 0 Å². The van der Waals surface area contributed by atoms with Crippen molar-refractivity contribution in [2.45, 2.75) is 20.8 Å². The molecule has 0 aliphatic carbocycles. The molecule has 0 fully saturated rings. The molecule has 0 unspecified atom stereocenters. The number of nitrogens with zero attached hydrogens (tertiary/aromatic N) is 4. The molecule has 2 aromatic carbocycles. The zero-order valence-electron chi connectivity index (χ0n) is 15.1. The van der Waals surface area contributed by atoms with Crippen LogP contribution < -0.4 is 9.47 Å². The van der Waals surface area contributed by atoms with E-state index in [9.17, 15) is 0 Å². The van der Waals surface area contributed by atoms with Gasteiger partial charge < -0.3 is 9.47 Å². The van der Waals surface area contributed by atoms with Crippen molar-refractivity contribution in [3.63, 3.8) is 0 Å². The zero-order valence-corrected chi connectivity index (χ0v) is 16.6. The zero-order chi connectivity index (χ0) is 19.4.